The molecule has 128 valence electrons. The van der Waals surface area contributed by atoms with Gasteiger partial charge in [0.1, 0.15) is 0 Å². The largest absolute Gasteiger partial charge is 0.504 e. The van der Waals surface area contributed by atoms with E-state index in [1.54, 1.807) is 32.6 Å². The highest BCUT2D eigenvalue weighted by atomic mass is 79.9. The lowest BCUT2D eigenvalue weighted by molar-refractivity contribution is 0.354. The summed E-state index contributed by atoms with van der Waals surface area (Å²) in [6, 6.07) is 9.15. The maximum atomic E-state index is 9.82. The van der Waals surface area contributed by atoms with Gasteiger partial charge in [-0.25, -0.2) is 0 Å². The van der Waals surface area contributed by atoms with Gasteiger partial charge in [0.25, 0.3) is 0 Å². The first kappa shape index (κ1) is 18.1. The minimum atomic E-state index is 0.0852. The Kier molecular flexibility index (Phi) is 6.49. The van der Waals surface area contributed by atoms with Crippen molar-refractivity contribution in [3.63, 3.8) is 0 Å². The number of nitrogens with zero attached hydrogens (tertiary/aromatic N) is 1. The number of phenols is 1. The van der Waals surface area contributed by atoms with Crippen LogP contribution in [0.1, 0.15) is 11.1 Å². The molecule has 0 fully saturated rings. The zero-order valence-corrected chi connectivity index (χ0v) is 15.5. The Morgan fingerprint density at radius 1 is 1.00 bits per heavy atom. The predicted octanol–water partition coefficient (Wildman–Crippen LogP) is 3.84. The zero-order valence-electron chi connectivity index (χ0n) is 13.9. The molecule has 6 heteroatoms. The molecule has 0 saturated carbocycles. The molecule has 0 heterocycles. The lowest BCUT2D eigenvalue weighted by atomic mass is 10.1. The quantitative estimate of drug-likeness (QED) is 0.725. The number of hydrogen-bond acceptors (Lipinski definition) is 5. The molecule has 5 nitrogen and oxygen atoms in total. The van der Waals surface area contributed by atoms with Gasteiger partial charge in [-0.05, 0) is 52.2 Å². The smallest absolute Gasteiger partial charge is 0.161 e. The van der Waals surface area contributed by atoms with Crippen LogP contribution >= 0.6 is 15.9 Å². The van der Waals surface area contributed by atoms with E-state index >= 15 is 0 Å². The Morgan fingerprint density at radius 3 is 2.38 bits per heavy atom. The van der Waals surface area contributed by atoms with Crippen LogP contribution in [0.25, 0.3) is 0 Å². The standard InChI is InChI=1S/C18H20BrNO4/c1-22-16-5-4-12(8-18(16)24-3)6-7-20-11-13-9-15(21)17(23-2)10-14(13)19/h4-5,8-11,21H,6-7H2,1-3H3. The number of methoxy groups -OCH3 is 3. The zero-order chi connectivity index (χ0) is 17.5. The van der Waals surface area contributed by atoms with Crippen molar-refractivity contribution in [2.45, 2.75) is 6.42 Å². The van der Waals surface area contributed by atoms with Crippen LogP contribution in [0.15, 0.2) is 39.8 Å². The number of halogens is 1. The third-order valence-electron chi connectivity index (χ3n) is 3.51. The SMILES string of the molecule is COc1cc(Br)c(C=NCCc2ccc(OC)c(OC)c2)cc1O. The molecule has 1 N–H and O–H groups in total. The molecule has 0 unspecified atom stereocenters. The third kappa shape index (κ3) is 4.41. The molecular formula is C18H20BrNO4. The highest BCUT2D eigenvalue weighted by Gasteiger charge is 2.07. The Hall–Kier alpha value is -2.21. The summed E-state index contributed by atoms with van der Waals surface area (Å²) in [6.45, 7) is 0.620. The first-order valence-electron chi connectivity index (χ1n) is 7.36. The van der Waals surface area contributed by atoms with Crippen molar-refractivity contribution in [3.05, 3.63) is 45.9 Å². The van der Waals surface area contributed by atoms with Crippen molar-refractivity contribution >= 4 is 22.1 Å². The van der Waals surface area contributed by atoms with Crippen molar-refractivity contribution in [2.24, 2.45) is 4.99 Å². The fraction of sp³-hybridized carbons (Fsp3) is 0.278. The number of ether oxygens (including phenoxy) is 3. The molecule has 0 aliphatic carbocycles. The lowest BCUT2D eigenvalue weighted by Crippen LogP contribution is -1.95. The van der Waals surface area contributed by atoms with Crippen molar-refractivity contribution in [3.8, 4) is 23.0 Å². The summed E-state index contributed by atoms with van der Waals surface area (Å²) in [7, 11) is 4.75. The van der Waals surface area contributed by atoms with E-state index in [2.05, 4.69) is 20.9 Å². The highest BCUT2D eigenvalue weighted by molar-refractivity contribution is 9.10. The summed E-state index contributed by atoms with van der Waals surface area (Å²) in [5, 5.41) is 9.82. The number of rotatable bonds is 7. The molecule has 0 aliphatic heterocycles. The van der Waals surface area contributed by atoms with E-state index in [4.69, 9.17) is 14.2 Å². The van der Waals surface area contributed by atoms with Crippen LogP contribution in [0.5, 0.6) is 23.0 Å². The molecule has 0 bridgehead atoms. The molecule has 0 amide bonds. The first-order chi connectivity index (χ1) is 11.6. The number of hydrogen-bond donors (Lipinski definition) is 1. The van der Waals surface area contributed by atoms with Crippen LogP contribution in [-0.2, 0) is 6.42 Å². The van der Waals surface area contributed by atoms with Gasteiger partial charge >= 0.3 is 0 Å². The summed E-state index contributed by atoms with van der Waals surface area (Å²) in [4.78, 5) is 4.41. The Labute approximate surface area is 150 Å². The van der Waals surface area contributed by atoms with E-state index in [1.807, 2.05) is 18.2 Å². The first-order valence-corrected chi connectivity index (χ1v) is 8.15. The van der Waals surface area contributed by atoms with Gasteiger partial charge in [-0.15, -0.1) is 0 Å². The maximum absolute atomic E-state index is 9.82. The van der Waals surface area contributed by atoms with Gasteiger partial charge in [-0.1, -0.05) is 6.07 Å². The summed E-state index contributed by atoms with van der Waals surface area (Å²) >= 11 is 3.44. The molecular weight excluding hydrogens is 374 g/mol. The second-order valence-corrected chi connectivity index (χ2v) is 5.87. The number of aromatic hydroxyl groups is 1. The number of benzene rings is 2. The summed E-state index contributed by atoms with van der Waals surface area (Å²) in [5.41, 5.74) is 1.90. The number of phenolic OH excluding ortho intramolecular Hbond substituents is 1. The Balaban J connectivity index is 2.01. The average molecular weight is 394 g/mol. The molecule has 0 spiro atoms. The molecule has 0 atom stereocenters. The van der Waals surface area contributed by atoms with Gasteiger partial charge in [0, 0.05) is 22.8 Å². The number of aliphatic imine (C=N–C) groups is 1. The van der Waals surface area contributed by atoms with Gasteiger partial charge in [0.2, 0.25) is 0 Å². The van der Waals surface area contributed by atoms with Gasteiger partial charge in [-0.2, -0.15) is 0 Å². The predicted molar refractivity (Wildman–Crippen MR) is 98.1 cm³/mol. The summed E-state index contributed by atoms with van der Waals surface area (Å²) in [6.07, 6.45) is 2.50. The second-order valence-electron chi connectivity index (χ2n) is 5.02. The minimum Gasteiger partial charge on any atom is -0.504 e. The van der Waals surface area contributed by atoms with Gasteiger partial charge in [0.05, 0.1) is 21.3 Å². The van der Waals surface area contributed by atoms with Gasteiger partial charge in [0.15, 0.2) is 23.0 Å². The minimum absolute atomic E-state index is 0.0852. The van der Waals surface area contributed by atoms with Crippen LogP contribution in [0.2, 0.25) is 0 Å². The van der Waals surface area contributed by atoms with Crippen molar-refractivity contribution in [1.82, 2.24) is 0 Å². The average Bonchev–Trinajstić information content (AvgIpc) is 2.60. The Bertz CT molecular complexity index is 731. The van der Waals surface area contributed by atoms with Crippen molar-refractivity contribution in [1.29, 1.82) is 0 Å². The maximum Gasteiger partial charge on any atom is 0.161 e. The normalized spacial score (nSPS) is 10.8. The monoisotopic (exact) mass is 393 g/mol. The van der Waals surface area contributed by atoms with Crippen LogP contribution in [-0.4, -0.2) is 39.2 Å². The molecule has 0 saturated heterocycles. The molecule has 0 aromatic heterocycles. The van der Waals surface area contributed by atoms with Crippen LogP contribution in [0.4, 0.5) is 0 Å². The third-order valence-corrected chi connectivity index (χ3v) is 4.19. The van der Waals surface area contributed by atoms with Crippen LogP contribution in [0, 0.1) is 0 Å². The highest BCUT2D eigenvalue weighted by Crippen LogP contribution is 2.31. The van der Waals surface area contributed by atoms with Crippen molar-refractivity contribution < 1.29 is 19.3 Å². The fourth-order valence-electron chi connectivity index (χ4n) is 2.21. The molecule has 2 aromatic rings. The molecule has 2 rings (SSSR count). The van der Waals surface area contributed by atoms with E-state index in [0.717, 1.165) is 22.0 Å². The van der Waals surface area contributed by atoms with Crippen molar-refractivity contribution in [2.75, 3.05) is 27.9 Å². The Morgan fingerprint density at radius 2 is 1.71 bits per heavy atom. The molecule has 24 heavy (non-hydrogen) atoms. The fourth-order valence-corrected chi connectivity index (χ4v) is 2.64. The molecule has 0 radical (unpaired) electrons. The van der Waals surface area contributed by atoms with Crippen LogP contribution in [0.3, 0.4) is 0 Å². The van der Waals surface area contributed by atoms with E-state index in [9.17, 15) is 5.11 Å². The topological polar surface area (TPSA) is 60.3 Å². The summed E-state index contributed by atoms with van der Waals surface area (Å²) < 4.78 is 16.4. The van der Waals surface area contributed by atoms with E-state index in [0.29, 0.717) is 23.8 Å². The van der Waals surface area contributed by atoms with E-state index < -0.39 is 0 Å². The molecule has 0 aliphatic rings. The van der Waals surface area contributed by atoms with Gasteiger partial charge < -0.3 is 19.3 Å². The lowest BCUT2D eigenvalue weighted by Gasteiger charge is -2.09. The van der Waals surface area contributed by atoms with E-state index in [1.165, 1.54) is 7.11 Å². The van der Waals surface area contributed by atoms with Gasteiger partial charge in [-0.3, -0.25) is 4.99 Å². The van der Waals surface area contributed by atoms with Crippen LogP contribution < -0.4 is 14.2 Å². The second kappa shape index (κ2) is 8.59. The molecule has 2 aromatic carbocycles. The van der Waals surface area contributed by atoms with E-state index in [-0.39, 0.29) is 5.75 Å². The summed E-state index contributed by atoms with van der Waals surface area (Å²) in [5.74, 6) is 1.93.